The van der Waals surface area contributed by atoms with Crippen molar-refractivity contribution in [1.82, 2.24) is 15.5 Å². The lowest BCUT2D eigenvalue weighted by Crippen LogP contribution is -2.57. The molecule has 0 bridgehead atoms. The van der Waals surface area contributed by atoms with Gasteiger partial charge in [0.15, 0.2) is 0 Å². The first-order valence-corrected chi connectivity index (χ1v) is 13.0. The third-order valence-corrected chi connectivity index (χ3v) is 6.31. The van der Waals surface area contributed by atoms with Crippen LogP contribution in [0.2, 0.25) is 0 Å². The minimum atomic E-state index is -1.86. The van der Waals surface area contributed by atoms with E-state index < -0.39 is 48.7 Å². The molecule has 1 saturated heterocycles. The number of rotatable bonds is 9. The number of carbonyl (C=O) groups excluding carboxylic acids is 3. The second-order valence-electron chi connectivity index (χ2n) is 10.6. The number of likely N-dealkylation sites (tertiary alicyclic amines) is 1. The Kier molecular flexibility index (Phi) is 10.1. The van der Waals surface area contributed by atoms with Crippen molar-refractivity contribution in [2.24, 2.45) is 0 Å². The van der Waals surface area contributed by atoms with Crippen LogP contribution < -0.4 is 10.6 Å². The van der Waals surface area contributed by atoms with Crippen molar-refractivity contribution in [3.8, 4) is 6.07 Å². The molecule has 206 valence electrons. The molecule has 1 fully saturated rings. The van der Waals surface area contributed by atoms with Crippen LogP contribution in [0.25, 0.3) is 0 Å². The fourth-order valence-electron chi connectivity index (χ4n) is 4.53. The summed E-state index contributed by atoms with van der Waals surface area (Å²) >= 11 is 0. The molecule has 10 nitrogen and oxygen atoms in total. The summed E-state index contributed by atoms with van der Waals surface area (Å²) < 4.78 is 5.37. The van der Waals surface area contributed by atoms with E-state index in [4.69, 9.17) is 10.00 Å². The largest absolute Gasteiger partial charge is 0.475 e. The van der Waals surface area contributed by atoms with E-state index in [9.17, 15) is 24.4 Å². The van der Waals surface area contributed by atoms with E-state index in [1.54, 1.807) is 45.0 Å². The van der Waals surface area contributed by atoms with Gasteiger partial charge in [-0.05, 0) is 63.3 Å². The Bertz CT molecular complexity index is 1190. The Morgan fingerprint density at radius 1 is 1.08 bits per heavy atom. The van der Waals surface area contributed by atoms with Crippen LogP contribution in [-0.4, -0.2) is 70.1 Å². The highest BCUT2D eigenvalue weighted by Gasteiger charge is 2.39. The van der Waals surface area contributed by atoms with E-state index in [1.807, 2.05) is 36.4 Å². The Hall–Kier alpha value is -3.88. The molecule has 0 spiro atoms. The molecule has 2 aromatic carbocycles. The summed E-state index contributed by atoms with van der Waals surface area (Å²) in [5, 5.41) is 34.4. The van der Waals surface area contributed by atoms with Gasteiger partial charge in [-0.15, -0.1) is 0 Å². The molecule has 0 aromatic heterocycles. The minimum absolute atomic E-state index is 0.0798. The third-order valence-electron chi connectivity index (χ3n) is 6.31. The van der Waals surface area contributed by atoms with Crippen molar-refractivity contribution in [2.75, 3.05) is 6.54 Å². The standard InChI is InChI=1S/C28H35BN4O6/c1-28(2,3)39-27(36)31-22(16-19-9-5-4-6-10-19)26(35)33-14-8-13-23(33)25(34)32-24(29(37)38)17-20-11-7-12-21(15-20)18-30/h4-7,9-12,15,22-24,37-38H,8,13-14,16-17H2,1-3H3,(H,31,36)(H,32,34)/t22-,23+,24+/m1/s1. The maximum Gasteiger partial charge on any atom is 0.475 e. The number of nitriles is 1. The monoisotopic (exact) mass is 534 g/mol. The summed E-state index contributed by atoms with van der Waals surface area (Å²) in [4.78, 5) is 41.0. The predicted molar refractivity (Wildman–Crippen MR) is 145 cm³/mol. The first kappa shape index (κ1) is 29.7. The van der Waals surface area contributed by atoms with Gasteiger partial charge in [-0.2, -0.15) is 5.26 Å². The number of alkyl carbamates (subject to hydrolysis) is 1. The van der Waals surface area contributed by atoms with Gasteiger partial charge in [0, 0.05) is 13.0 Å². The van der Waals surface area contributed by atoms with Gasteiger partial charge >= 0.3 is 13.2 Å². The van der Waals surface area contributed by atoms with Crippen molar-refractivity contribution in [1.29, 1.82) is 5.26 Å². The smallest absolute Gasteiger partial charge is 0.444 e. The van der Waals surface area contributed by atoms with Crippen LogP contribution in [0.4, 0.5) is 4.79 Å². The number of nitrogens with zero attached hydrogens (tertiary/aromatic N) is 2. The molecule has 0 saturated carbocycles. The zero-order valence-corrected chi connectivity index (χ0v) is 22.5. The van der Waals surface area contributed by atoms with Crippen LogP contribution in [0.3, 0.4) is 0 Å². The molecule has 1 aliphatic rings. The lowest BCUT2D eigenvalue weighted by atomic mass is 9.75. The van der Waals surface area contributed by atoms with Crippen LogP contribution in [0, 0.1) is 11.3 Å². The first-order valence-electron chi connectivity index (χ1n) is 13.0. The van der Waals surface area contributed by atoms with Gasteiger partial charge < -0.3 is 30.3 Å². The minimum Gasteiger partial charge on any atom is -0.444 e. The van der Waals surface area contributed by atoms with Crippen molar-refractivity contribution in [3.63, 3.8) is 0 Å². The average molecular weight is 534 g/mol. The molecule has 4 N–H and O–H groups in total. The summed E-state index contributed by atoms with van der Waals surface area (Å²) in [6.07, 6.45) is 0.512. The maximum atomic E-state index is 13.7. The van der Waals surface area contributed by atoms with Crippen LogP contribution in [-0.2, 0) is 27.2 Å². The zero-order chi connectivity index (χ0) is 28.6. The van der Waals surface area contributed by atoms with Crippen LogP contribution in [0.15, 0.2) is 54.6 Å². The quantitative estimate of drug-likeness (QED) is 0.358. The van der Waals surface area contributed by atoms with Gasteiger partial charge in [0.2, 0.25) is 11.8 Å². The fraction of sp³-hybridized carbons (Fsp3) is 0.429. The van der Waals surface area contributed by atoms with E-state index >= 15 is 0 Å². The molecule has 11 heteroatoms. The molecule has 0 unspecified atom stereocenters. The number of amides is 3. The Morgan fingerprint density at radius 2 is 1.77 bits per heavy atom. The van der Waals surface area contributed by atoms with Crippen molar-refractivity contribution in [3.05, 3.63) is 71.3 Å². The van der Waals surface area contributed by atoms with Crippen LogP contribution in [0.1, 0.15) is 50.3 Å². The molecule has 3 amide bonds. The summed E-state index contributed by atoms with van der Waals surface area (Å²) in [5.41, 5.74) is 1.14. The zero-order valence-electron chi connectivity index (χ0n) is 22.5. The molecule has 3 rings (SSSR count). The molecule has 1 heterocycles. The van der Waals surface area contributed by atoms with Crippen molar-refractivity contribution < 1.29 is 29.2 Å². The van der Waals surface area contributed by atoms with Gasteiger partial charge in [0.25, 0.3) is 0 Å². The van der Waals surface area contributed by atoms with Gasteiger partial charge in [0.05, 0.1) is 17.6 Å². The summed E-state index contributed by atoms with van der Waals surface area (Å²) in [6.45, 7) is 5.49. The average Bonchev–Trinajstić information content (AvgIpc) is 3.37. The van der Waals surface area contributed by atoms with E-state index in [2.05, 4.69) is 10.6 Å². The highest BCUT2D eigenvalue weighted by Crippen LogP contribution is 2.21. The van der Waals surface area contributed by atoms with Gasteiger partial charge in [-0.25, -0.2) is 4.79 Å². The number of hydrogen-bond donors (Lipinski definition) is 4. The molecular formula is C28H35BN4O6. The van der Waals surface area contributed by atoms with Gasteiger partial charge in [-0.1, -0.05) is 42.5 Å². The van der Waals surface area contributed by atoms with Crippen LogP contribution in [0.5, 0.6) is 0 Å². The molecule has 0 radical (unpaired) electrons. The summed E-state index contributed by atoms with van der Waals surface area (Å²) in [6, 6.07) is 16.1. The number of nitrogens with one attached hydrogen (secondary N) is 2. The lowest BCUT2D eigenvalue weighted by Gasteiger charge is -2.30. The summed E-state index contributed by atoms with van der Waals surface area (Å²) in [7, 11) is -1.86. The highest BCUT2D eigenvalue weighted by molar-refractivity contribution is 6.43. The van der Waals surface area contributed by atoms with E-state index in [-0.39, 0.29) is 12.8 Å². The molecule has 2 aromatic rings. The van der Waals surface area contributed by atoms with Gasteiger partial charge in [-0.3, -0.25) is 9.59 Å². The fourth-order valence-corrected chi connectivity index (χ4v) is 4.53. The summed E-state index contributed by atoms with van der Waals surface area (Å²) in [5.74, 6) is -2.00. The normalized spacial score (nSPS) is 16.5. The van der Waals surface area contributed by atoms with Gasteiger partial charge in [0.1, 0.15) is 17.7 Å². The molecule has 1 aliphatic heterocycles. The number of ether oxygens (including phenoxy) is 1. The Balaban J connectivity index is 1.75. The van der Waals surface area contributed by atoms with E-state index in [1.165, 1.54) is 4.90 Å². The number of benzene rings is 2. The second-order valence-corrected chi connectivity index (χ2v) is 10.6. The van der Waals surface area contributed by atoms with Crippen molar-refractivity contribution >= 4 is 25.0 Å². The Labute approximate surface area is 229 Å². The maximum absolute atomic E-state index is 13.7. The van der Waals surface area contributed by atoms with E-state index in [0.29, 0.717) is 30.5 Å². The van der Waals surface area contributed by atoms with E-state index in [0.717, 1.165) is 5.56 Å². The number of carbonyl (C=O) groups is 3. The molecule has 3 atom stereocenters. The predicted octanol–water partition coefficient (Wildman–Crippen LogP) is 1.72. The molecule has 39 heavy (non-hydrogen) atoms. The first-order chi connectivity index (χ1) is 18.5. The topological polar surface area (TPSA) is 152 Å². The van der Waals surface area contributed by atoms with Crippen molar-refractivity contribution in [2.45, 2.75) is 70.1 Å². The molecule has 0 aliphatic carbocycles. The second kappa shape index (κ2) is 13.3. The number of hydrogen-bond acceptors (Lipinski definition) is 7. The third kappa shape index (κ3) is 8.84. The Morgan fingerprint density at radius 3 is 2.41 bits per heavy atom. The molecular weight excluding hydrogens is 499 g/mol. The highest BCUT2D eigenvalue weighted by atomic mass is 16.6. The lowest BCUT2D eigenvalue weighted by molar-refractivity contribution is -0.140. The van der Waals surface area contributed by atoms with Crippen LogP contribution >= 0.6 is 0 Å². The SMILES string of the molecule is CC(C)(C)OC(=O)N[C@H](Cc1ccccc1)C(=O)N1CCC[C@H]1C(=O)N[C@@H](Cc1cccc(C#N)c1)B(O)O.